The van der Waals surface area contributed by atoms with Crippen molar-refractivity contribution in [3.63, 3.8) is 0 Å². The minimum absolute atomic E-state index is 0.00591. The van der Waals surface area contributed by atoms with Crippen LogP contribution in [0, 0.1) is 34.6 Å². The molecule has 0 bridgehead atoms. The zero-order valence-corrected chi connectivity index (χ0v) is 53.8. The Bertz CT molecular complexity index is 2830. The van der Waals surface area contributed by atoms with Gasteiger partial charge in [0.25, 0.3) is 0 Å². The number of amides is 3. The standard InChI is InChI=1S/C63H92F4N6O17S/c1-5-15-72(16-7-14-69-57(75)42-63(2,3)4)62(77)50-37-49-11-10-48(39-54(49)71-55(68)40-50)47-8-6-9-51(38-47)91(78,79)73-44-46(45-73)43-70-56(74)12-17-80-19-21-82-23-25-84-27-29-86-31-33-88-35-36-89-34-32-87-30-28-85-26-24-83-22-20-81-18-13-58(76)90-61-59(66)52(64)41-53(65)60(61)67/h9-11,37-39,41,46H,5-8,12-36,40,42-45H2,1-4H3,(H2,68,71)(H,69,75)(H,70,74). The summed E-state index contributed by atoms with van der Waals surface area (Å²) in [5.41, 5.74) is 9.83. The number of nitrogens with zero attached hydrogens (tertiary/aromatic N) is 3. The zero-order chi connectivity index (χ0) is 65.9. The lowest BCUT2D eigenvalue weighted by Crippen LogP contribution is -2.53. The van der Waals surface area contributed by atoms with Crippen molar-refractivity contribution >= 4 is 56.9 Å². The summed E-state index contributed by atoms with van der Waals surface area (Å²) in [4.78, 5) is 57.1. The van der Waals surface area contributed by atoms with E-state index in [-0.39, 0.29) is 85.9 Å². The molecule has 0 aromatic heterocycles. The van der Waals surface area contributed by atoms with E-state index in [4.69, 9.17) is 53.1 Å². The lowest BCUT2D eigenvalue weighted by Gasteiger charge is -2.38. The Morgan fingerprint density at radius 2 is 1.18 bits per heavy atom. The molecule has 3 aliphatic rings. The summed E-state index contributed by atoms with van der Waals surface area (Å²) in [6.07, 6.45) is 8.24. The van der Waals surface area contributed by atoms with Gasteiger partial charge in [0.15, 0.2) is 11.6 Å². The van der Waals surface area contributed by atoms with Gasteiger partial charge in [0.2, 0.25) is 45.1 Å². The van der Waals surface area contributed by atoms with E-state index < -0.39 is 51.4 Å². The van der Waals surface area contributed by atoms with Crippen LogP contribution >= 0.6 is 0 Å². The van der Waals surface area contributed by atoms with E-state index in [1.54, 1.807) is 17.1 Å². The van der Waals surface area contributed by atoms with Crippen molar-refractivity contribution in [1.29, 1.82) is 0 Å². The molecule has 91 heavy (non-hydrogen) atoms. The van der Waals surface area contributed by atoms with E-state index in [0.717, 1.165) is 23.1 Å². The molecule has 28 heteroatoms. The van der Waals surface area contributed by atoms with Crippen LogP contribution in [0.15, 0.2) is 51.9 Å². The molecule has 0 atom stereocenters. The maximum absolute atomic E-state index is 13.9. The SMILES string of the molecule is CCCN(CCCNC(=O)CC(C)(C)C)C(=O)C1=Cc2ccc(C3=CC(S(=O)(=O)N4CC(CNC(=O)CCOCCOCCOCCOCCOCCOCCOCCOCCOCCOCCC(=O)Oc5c(F)c(F)cc(F)c5F)C4)=CCC3)cc2N=C(N)C1. The van der Waals surface area contributed by atoms with Crippen LogP contribution in [0.25, 0.3) is 11.6 Å². The molecule has 0 spiro atoms. The fraction of sp³-hybridized carbons (Fsp3) is 0.635. The van der Waals surface area contributed by atoms with Crippen molar-refractivity contribution in [2.24, 2.45) is 22.1 Å². The summed E-state index contributed by atoms with van der Waals surface area (Å²) in [5.74, 6) is -9.58. The van der Waals surface area contributed by atoms with Crippen molar-refractivity contribution in [2.75, 3.05) is 171 Å². The Kier molecular flexibility index (Phi) is 34.8. The van der Waals surface area contributed by atoms with Gasteiger partial charge in [-0.1, -0.05) is 45.9 Å². The van der Waals surface area contributed by atoms with Gasteiger partial charge in [0, 0.05) is 81.7 Å². The largest absolute Gasteiger partial charge is 0.420 e. The number of rotatable bonds is 47. The van der Waals surface area contributed by atoms with Crippen molar-refractivity contribution in [3.8, 4) is 5.75 Å². The first kappa shape index (κ1) is 76.0. The second kappa shape index (κ2) is 41.7. The van der Waals surface area contributed by atoms with Crippen LogP contribution < -0.4 is 21.1 Å². The number of fused-ring (bicyclic) bond motifs is 1. The first-order valence-electron chi connectivity index (χ1n) is 31.0. The smallest absolute Gasteiger partial charge is 0.313 e. The minimum atomic E-state index is -3.76. The van der Waals surface area contributed by atoms with Crippen LogP contribution in [-0.4, -0.2) is 219 Å². The number of carbonyl (C=O) groups is 4. The van der Waals surface area contributed by atoms with Gasteiger partial charge in [0.05, 0.1) is 149 Å². The summed E-state index contributed by atoms with van der Waals surface area (Å²) < 4.78 is 141. The summed E-state index contributed by atoms with van der Waals surface area (Å²) >= 11 is 0. The highest BCUT2D eigenvalue weighted by Gasteiger charge is 2.38. The molecule has 23 nitrogen and oxygen atoms in total. The van der Waals surface area contributed by atoms with Gasteiger partial charge in [-0.2, -0.15) is 13.1 Å². The molecule has 5 rings (SSSR count). The molecule has 1 aliphatic carbocycles. The molecule has 510 valence electrons. The predicted octanol–water partition coefficient (Wildman–Crippen LogP) is 6.19. The predicted molar refractivity (Wildman–Crippen MR) is 331 cm³/mol. The number of sulfonamides is 1. The Morgan fingerprint density at radius 1 is 0.670 bits per heavy atom. The van der Waals surface area contributed by atoms with Gasteiger partial charge >= 0.3 is 5.97 Å². The molecular formula is C63H92F4N6O17S. The van der Waals surface area contributed by atoms with Gasteiger partial charge in [-0.25, -0.2) is 22.2 Å². The monoisotopic (exact) mass is 1310 g/mol. The number of hydrogen-bond donors (Lipinski definition) is 3. The molecule has 3 amide bonds. The van der Waals surface area contributed by atoms with Crippen molar-refractivity contribution in [3.05, 3.63) is 81.3 Å². The number of nitrogens with one attached hydrogen (secondary N) is 2. The zero-order valence-electron chi connectivity index (χ0n) is 52.9. The van der Waals surface area contributed by atoms with Crippen molar-refractivity contribution in [1.82, 2.24) is 19.8 Å². The average Bonchev–Trinajstić information content (AvgIpc) is 1.31. The van der Waals surface area contributed by atoms with Crippen LogP contribution in [0.2, 0.25) is 0 Å². The molecule has 1 saturated heterocycles. The number of aliphatic imine (C=N–C) groups is 1. The maximum Gasteiger partial charge on any atom is 0.313 e. The fourth-order valence-electron chi connectivity index (χ4n) is 9.19. The van der Waals surface area contributed by atoms with Crippen LogP contribution in [0.5, 0.6) is 5.75 Å². The van der Waals surface area contributed by atoms with Crippen LogP contribution in [-0.2, 0) is 76.6 Å². The van der Waals surface area contributed by atoms with Gasteiger partial charge in [0.1, 0.15) is 5.84 Å². The second-order valence-electron chi connectivity index (χ2n) is 22.7. The highest BCUT2D eigenvalue weighted by molar-refractivity contribution is 7.93. The topological polar surface area (TPSA) is 273 Å². The van der Waals surface area contributed by atoms with E-state index >= 15 is 0 Å². The Morgan fingerprint density at radius 3 is 1.68 bits per heavy atom. The highest BCUT2D eigenvalue weighted by atomic mass is 32.2. The summed E-state index contributed by atoms with van der Waals surface area (Å²) in [5, 5.41) is 5.86. The normalized spacial score (nSPS) is 14.6. The summed E-state index contributed by atoms with van der Waals surface area (Å²) in [6.45, 7) is 16.8. The molecule has 1 fully saturated rings. The van der Waals surface area contributed by atoms with E-state index in [1.165, 1.54) is 4.31 Å². The lowest BCUT2D eigenvalue weighted by atomic mass is 9.92. The van der Waals surface area contributed by atoms with Crippen LogP contribution in [0.1, 0.15) is 90.2 Å². The molecular weight excluding hydrogens is 1220 g/mol. The van der Waals surface area contributed by atoms with Gasteiger partial charge < -0.3 is 73.4 Å². The van der Waals surface area contributed by atoms with Gasteiger partial charge in [-0.3, -0.25) is 19.2 Å². The minimum Gasteiger partial charge on any atom is -0.420 e. The molecule has 0 unspecified atom stereocenters. The third-order valence-electron chi connectivity index (χ3n) is 13.8. The summed E-state index contributed by atoms with van der Waals surface area (Å²) in [7, 11) is -3.76. The third-order valence-corrected chi connectivity index (χ3v) is 15.7. The average molecular weight is 1310 g/mol. The Hall–Kier alpha value is -5.76. The molecule has 2 aliphatic heterocycles. The van der Waals surface area contributed by atoms with Crippen LogP contribution in [0.4, 0.5) is 23.2 Å². The fourth-order valence-corrected chi connectivity index (χ4v) is 10.9. The first-order valence-corrected chi connectivity index (χ1v) is 32.4. The molecule has 0 saturated carbocycles. The third kappa shape index (κ3) is 29.0. The van der Waals surface area contributed by atoms with Gasteiger partial charge in [-0.15, -0.1) is 0 Å². The number of esters is 1. The Labute approximate surface area is 531 Å². The number of allylic oxidation sites excluding steroid dienone is 3. The Balaban J connectivity index is 0.783. The number of carbonyl (C=O) groups excluding carboxylic acids is 4. The second-order valence-corrected chi connectivity index (χ2v) is 24.6. The summed E-state index contributed by atoms with van der Waals surface area (Å²) in [6, 6.07) is 5.71. The van der Waals surface area contributed by atoms with Crippen molar-refractivity contribution in [2.45, 2.75) is 79.1 Å². The number of benzene rings is 2. The number of amidine groups is 1. The molecule has 2 aromatic rings. The number of hydrogen-bond acceptors (Lipinski definition) is 19. The molecule has 2 aromatic carbocycles. The van der Waals surface area contributed by atoms with E-state index in [0.29, 0.717) is 181 Å². The van der Waals surface area contributed by atoms with E-state index in [9.17, 15) is 45.2 Å². The van der Waals surface area contributed by atoms with Crippen LogP contribution in [0.3, 0.4) is 0 Å². The number of nitrogens with two attached hydrogens (primary N) is 1. The molecule has 0 radical (unpaired) electrons. The lowest BCUT2D eigenvalue weighted by molar-refractivity contribution is -0.136. The van der Waals surface area contributed by atoms with E-state index in [2.05, 4.69) is 20.4 Å². The quantitative estimate of drug-likeness (QED) is 0.0219. The number of ether oxygens (including phenoxy) is 11. The van der Waals surface area contributed by atoms with Crippen molar-refractivity contribution < 1.29 is 97.3 Å². The highest BCUT2D eigenvalue weighted by Crippen LogP contribution is 2.36. The number of halogens is 4. The van der Waals surface area contributed by atoms with E-state index in [1.807, 2.05) is 52.0 Å². The first-order chi connectivity index (χ1) is 43.7. The molecule has 4 N–H and O–H groups in total. The van der Waals surface area contributed by atoms with Gasteiger partial charge in [-0.05, 0) is 60.5 Å². The molecule has 2 heterocycles. The maximum atomic E-state index is 13.9.